The molecular weight excluding hydrogens is 1200 g/mol. The second-order valence-corrected chi connectivity index (χ2v) is 30.6. The number of carbonyl (C=O) groups is 4. The van der Waals surface area contributed by atoms with Crippen molar-refractivity contribution in [2.75, 3.05) is 39.6 Å². The summed E-state index contributed by atoms with van der Waals surface area (Å²) >= 11 is 0. The molecule has 0 aliphatic heterocycles. The SMILES string of the molecule is CCC(C)CCCCCCCCCCCCC(=O)O[C@H](COC(=O)CCCCCCCCCCCCC(C)C)COP(=O)(O)OCC(O)COP(=O)(O)OC[C@@H](COC(=O)CCCCCCCCCC(C)C)OC(=O)CCCCCCCCCCCCCC(C)C. The van der Waals surface area contributed by atoms with Gasteiger partial charge in [-0.05, 0) is 49.4 Å². The maximum Gasteiger partial charge on any atom is 0.472 e. The fraction of sp³-hybridized carbons (Fsp3) is 0.944. The lowest BCUT2D eigenvalue weighted by Gasteiger charge is -2.21. The standard InChI is InChI=1S/C72H140O17P2/c1-9-65(8)51-43-35-27-19-14-16-22-30-39-47-55-72(77)88-67(58-82-69(74)52-44-36-28-20-15-13-18-25-33-41-49-63(4)5)60-86-90(78,79)84-56-66(73)57-85-91(80,81)87-61-68(59-83-70(75)53-45-37-31-23-26-34-42-50-64(6)7)89-71(76)54-46-38-29-21-12-10-11-17-24-32-40-48-62(2)3/h62-68,73H,9-61H2,1-8H3,(H,78,79)(H,80,81)/t65?,66?,67-,68-/m1/s1. The molecule has 0 aromatic carbocycles. The number of hydrogen-bond acceptors (Lipinski definition) is 15. The van der Waals surface area contributed by atoms with Crippen molar-refractivity contribution in [3.8, 4) is 0 Å². The van der Waals surface area contributed by atoms with Crippen molar-refractivity contribution in [1.29, 1.82) is 0 Å². The summed E-state index contributed by atoms with van der Waals surface area (Å²) in [5.41, 5.74) is 0. The largest absolute Gasteiger partial charge is 0.472 e. The number of rotatable bonds is 69. The van der Waals surface area contributed by atoms with Crippen LogP contribution in [-0.2, 0) is 65.4 Å². The number of aliphatic hydroxyl groups is 1. The summed E-state index contributed by atoms with van der Waals surface area (Å²) in [6.07, 6.45) is 44.4. The molecule has 0 saturated carbocycles. The number of phosphoric acid groups is 2. The molecule has 0 radical (unpaired) electrons. The smallest absolute Gasteiger partial charge is 0.462 e. The van der Waals surface area contributed by atoms with Crippen molar-refractivity contribution in [2.45, 2.75) is 375 Å². The third-order valence-electron chi connectivity index (χ3n) is 16.9. The summed E-state index contributed by atoms with van der Waals surface area (Å²) in [7, 11) is -9.91. The van der Waals surface area contributed by atoms with E-state index < -0.39 is 97.5 Å². The average Bonchev–Trinajstić information content (AvgIpc) is 3.71. The van der Waals surface area contributed by atoms with Gasteiger partial charge in [0.15, 0.2) is 12.2 Å². The van der Waals surface area contributed by atoms with E-state index in [1.807, 2.05) is 0 Å². The zero-order valence-corrected chi connectivity index (χ0v) is 61.3. The summed E-state index contributed by atoms with van der Waals surface area (Å²) < 4.78 is 68.4. The molecule has 0 bridgehead atoms. The molecule has 19 heteroatoms. The van der Waals surface area contributed by atoms with Crippen LogP contribution in [0.3, 0.4) is 0 Å². The zero-order valence-electron chi connectivity index (χ0n) is 59.5. The number of hydrogen-bond donors (Lipinski definition) is 3. The Hall–Kier alpha value is -1.94. The highest BCUT2D eigenvalue weighted by molar-refractivity contribution is 7.47. The van der Waals surface area contributed by atoms with Crippen LogP contribution in [0.25, 0.3) is 0 Å². The van der Waals surface area contributed by atoms with Crippen molar-refractivity contribution >= 4 is 39.5 Å². The molecule has 0 aliphatic rings. The number of unbranched alkanes of at least 4 members (excludes halogenated alkanes) is 34. The predicted octanol–water partition coefficient (Wildman–Crippen LogP) is 20.5. The van der Waals surface area contributed by atoms with Gasteiger partial charge in [-0.15, -0.1) is 0 Å². The Morgan fingerprint density at radius 1 is 0.308 bits per heavy atom. The van der Waals surface area contributed by atoms with Gasteiger partial charge in [0.25, 0.3) is 0 Å². The van der Waals surface area contributed by atoms with Crippen LogP contribution >= 0.6 is 15.6 Å². The van der Waals surface area contributed by atoms with Gasteiger partial charge in [-0.3, -0.25) is 37.3 Å². The lowest BCUT2D eigenvalue weighted by atomic mass is 9.99. The molecule has 0 aliphatic carbocycles. The van der Waals surface area contributed by atoms with Gasteiger partial charge in [-0.1, -0.05) is 306 Å². The monoisotopic (exact) mass is 1340 g/mol. The van der Waals surface area contributed by atoms with Crippen molar-refractivity contribution in [1.82, 2.24) is 0 Å². The first-order valence-corrected chi connectivity index (χ1v) is 40.2. The molecule has 0 saturated heterocycles. The normalized spacial score (nSPS) is 14.5. The van der Waals surface area contributed by atoms with E-state index in [-0.39, 0.29) is 25.7 Å². The predicted molar refractivity (Wildman–Crippen MR) is 367 cm³/mol. The van der Waals surface area contributed by atoms with E-state index >= 15 is 0 Å². The van der Waals surface area contributed by atoms with Crippen LogP contribution < -0.4 is 0 Å². The Bertz CT molecular complexity index is 1800. The van der Waals surface area contributed by atoms with Crippen molar-refractivity contribution in [3.63, 3.8) is 0 Å². The summed E-state index contributed by atoms with van der Waals surface area (Å²) in [4.78, 5) is 72.6. The molecule has 0 aromatic heterocycles. The minimum absolute atomic E-state index is 0.105. The van der Waals surface area contributed by atoms with Crippen LogP contribution in [0.15, 0.2) is 0 Å². The average molecular weight is 1340 g/mol. The first-order valence-electron chi connectivity index (χ1n) is 37.2. The molecular formula is C72H140O17P2. The third-order valence-corrected chi connectivity index (χ3v) is 18.8. The van der Waals surface area contributed by atoms with Gasteiger partial charge >= 0.3 is 39.5 Å². The van der Waals surface area contributed by atoms with Crippen molar-refractivity contribution in [3.05, 3.63) is 0 Å². The van der Waals surface area contributed by atoms with Gasteiger partial charge in [0.1, 0.15) is 19.3 Å². The molecule has 0 heterocycles. The number of phosphoric ester groups is 2. The van der Waals surface area contributed by atoms with Crippen LogP contribution in [0.4, 0.5) is 0 Å². The molecule has 0 fully saturated rings. The topological polar surface area (TPSA) is 237 Å². The molecule has 3 N–H and O–H groups in total. The van der Waals surface area contributed by atoms with E-state index in [2.05, 4.69) is 55.4 Å². The molecule has 540 valence electrons. The van der Waals surface area contributed by atoms with E-state index in [1.165, 1.54) is 154 Å². The van der Waals surface area contributed by atoms with Gasteiger partial charge in [0.2, 0.25) is 0 Å². The second kappa shape index (κ2) is 61.6. The number of esters is 4. The van der Waals surface area contributed by atoms with Crippen LogP contribution in [0, 0.1) is 23.7 Å². The Labute approximate surface area is 556 Å². The van der Waals surface area contributed by atoms with Gasteiger partial charge < -0.3 is 33.8 Å². The fourth-order valence-electron chi connectivity index (χ4n) is 10.8. The van der Waals surface area contributed by atoms with Gasteiger partial charge in [-0.2, -0.15) is 0 Å². The van der Waals surface area contributed by atoms with Gasteiger partial charge in [0, 0.05) is 25.7 Å². The van der Waals surface area contributed by atoms with E-state index in [0.29, 0.717) is 31.6 Å². The summed E-state index contributed by atoms with van der Waals surface area (Å²) in [5.74, 6) is 0.905. The highest BCUT2D eigenvalue weighted by Crippen LogP contribution is 2.45. The summed E-state index contributed by atoms with van der Waals surface area (Å²) in [5, 5.41) is 10.6. The van der Waals surface area contributed by atoms with Crippen LogP contribution in [0.2, 0.25) is 0 Å². The lowest BCUT2D eigenvalue weighted by Crippen LogP contribution is -2.30. The molecule has 0 aromatic rings. The zero-order chi connectivity index (χ0) is 67.5. The Kier molecular flexibility index (Phi) is 60.3. The maximum atomic E-state index is 13.0. The third kappa shape index (κ3) is 65.1. The molecule has 0 rings (SSSR count). The molecule has 17 nitrogen and oxygen atoms in total. The molecule has 0 amide bonds. The lowest BCUT2D eigenvalue weighted by molar-refractivity contribution is -0.161. The number of aliphatic hydroxyl groups excluding tert-OH is 1. The van der Waals surface area contributed by atoms with Crippen molar-refractivity contribution < 1.29 is 80.2 Å². The summed E-state index contributed by atoms with van der Waals surface area (Å²) in [6, 6.07) is 0. The van der Waals surface area contributed by atoms with Crippen molar-refractivity contribution in [2.24, 2.45) is 23.7 Å². The highest BCUT2D eigenvalue weighted by atomic mass is 31.2. The fourth-order valence-corrected chi connectivity index (χ4v) is 12.4. The Balaban J connectivity index is 5.27. The Morgan fingerprint density at radius 3 is 0.780 bits per heavy atom. The molecule has 91 heavy (non-hydrogen) atoms. The van der Waals surface area contributed by atoms with E-state index in [9.17, 15) is 43.2 Å². The quantitative estimate of drug-likeness (QED) is 0.0222. The second-order valence-electron chi connectivity index (χ2n) is 27.6. The number of carbonyl (C=O) groups excluding carboxylic acids is 4. The summed E-state index contributed by atoms with van der Waals surface area (Å²) in [6.45, 7) is 14.1. The van der Waals surface area contributed by atoms with Crippen LogP contribution in [0.5, 0.6) is 0 Å². The highest BCUT2D eigenvalue weighted by Gasteiger charge is 2.30. The minimum Gasteiger partial charge on any atom is -0.462 e. The molecule has 6 atom stereocenters. The molecule has 4 unspecified atom stereocenters. The van der Waals surface area contributed by atoms with Crippen LogP contribution in [-0.4, -0.2) is 96.7 Å². The van der Waals surface area contributed by atoms with E-state index in [1.54, 1.807) is 0 Å². The Morgan fingerprint density at radius 2 is 0.527 bits per heavy atom. The number of ether oxygens (including phenoxy) is 4. The van der Waals surface area contributed by atoms with E-state index in [4.69, 9.17) is 37.0 Å². The van der Waals surface area contributed by atoms with Crippen LogP contribution in [0.1, 0.15) is 357 Å². The van der Waals surface area contributed by atoms with Gasteiger partial charge in [-0.25, -0.2) is 9.13 Å². The van der Waals surface area contributed by atoms with Gasteiger partial charge in [0.05, 0.1) is 26.4 Å². The maximum absolute atomic E-state index is 13.0. The first kappa shape index (κ1) is 89.1. The first-order chi connectivity index (χ1) is 43.6. The van der Waals surface area contributed by atoms with E-state index in [0.717, 1.165) is 114 Å². The molecule has 0 spiro atoms. The minimum atomic E-state index is -4.95.